The molecule has 0 bridgehead atoms. The van der Waals surface area contributed by atoms with Crippen molar-refractivity contribution in [2.75, 3.05) is 24.7 Å². The molecule has 3 N–H and O–H groups in total. The third-order valence-corrected chi connectivity index (χ3v) is 4.00. The lowest BCUT2D eigenvalue weighted by atomic mass is 9.93. The molecule has 0 atom stereocenters. The first-order valence-electron chi connectivity index (χ1n) is 6.98. The Hall–Kier alpha value is -1.71. The highest BCUT2D eigenvalue weighted by atomic mass is 16.1. The predicted molar refractivity (Wildman–Crippen MR) is 79.5 cm³/mol. The van der Waals surface area contributed by atoms with Crippen LogP contribution in [0.25, 0.3) is 0 Å². The highest BCUT2D eigenvalue weighted by molar-refractivity contribution is 6.00. The lowest BCUT2D eigenvalue weighted by Crippen LogP contribution is -2.35. The second-order valence-corrected chi connectivity index (χ2v) is 5.26. The van der Waals surface area contributed by atoms with Gasteiger partial charge >= 0.3 is 0 Å². The highest BCUT2D eigenvalue weighted by Crippen LogP contribution is 2.29. The van der Waals surface area contributed by atoms with Crippen LogP contribution < -0.4 is 16.0 Å². The number of nitrogens with one attached hydrogen (secondary N) is 1. The van der Waals surface area contributed by atoms with E-state index in [2.05, 4.69) is 17.3 Å². The zero-order valence-corrected chi connectivity index (χ0v) is 11.8. The molecule has 4 nitrogen and oxygen atoms in total. The van der Waals surface area contributed by atoms with E-state index in [0.29, 0.717) is 17.3 Å². The Balaban J connectivity index is 2.30. The molecular formula is C15H23N3O. The average Bonchev–Trinajstić information content (AvgIpc) is 2.46. The maximum Gasteiger partial charge on any atom is 0.253 e. The molecule has 19 heavy (non-hydrogen) atoms. The fourth-order valence-corrected chi connectivity index (χ4v) is 2.83. The van der Waals surface area contributed by atoms with E-state index in [1.54, 1.807) is 13.1 Å². The Bertz CT molecular complexity index is 453. The van der Waals surface area contributed by atoms with Gasteiger partial charge in [-0.15, -0.1) is 0 Å². The summed E-state index contributed by atoms with van der Waals surface area (Å²) in [6.07, 6.45) is 6.25. The third kappa shape index (κ3) is 3.00. The van der Waals surface area contributed by atoms with Crippen LogP contribution in [0.5, 0.6) is 0 Å². The van der Waals surface area contributed by atoms with Gasteiger partial charge in [0.2, 0.25) is 0 Å². The first-order chi connectivity index (χ1) is 9.13. The largest absolute Gasteiger partial charge is 0.399 e. The number of rotatable bonds is 3. The molecule has 2 rings (SSSR count). The number of carbonyl (C=O) groups excluding carboxylic acids is 1. The zero-order valence-electron chi connectivity index (χ0n) is 11.8. The Morgan fingerprint density at radius 3 is 2.63 bits per heavy atom. The Kier molecular flexibility index (Phi) is 4.30. The Morgan fingerprint density at radius 2 is 2.00 bits per heavy atom. The zero-order chi connectivity index (χ0) is 13.8. The summed E-state index contributed by atoms with van der Waals surface area (Å²) in [6.45, 7) is 0. The molecule has 1 aromatic carbocycles. The van der Waals surface area contributed by atoms with Gasteiger partial charge in [-0.2, -0.15) is 0 Å². The molecule has 1 saturated carbocycles. The van der Waals surface area contributed by atoms with Gasteiger partial charge in [-0.25, -0.2) is 0 Å². The predicted octanol–water partition coefficient (Wildman–Crippen LogP) is 2.40. The standard InChI is InChI=1S/C15H23N3O/c1-17-15(19)13-9-8-11(16)10-14(13)18(2)12-6-4-3-5-7-12/h8-10,12H,3-7,16H2,1-2H3,(H,17,19). The second-order valence-electron chi connectivity index (χ2n) is 5.26. The van der Waals surface area contributed by atoms with Crippen LogP contribution >= 0.6 is 0 Å². The topological polar surface area (TPSA) is 58.4 Å². The molecule has 0 heterocycles. The Labute approximate surface area is 115 Å². The average molecular weight is 261 g/mol. The van der Waals surface area contributed by atoms with E-state index in [1.165, 1.54) is 32.1 Å². The number of hydrogen-bond donors (Lipinski definition) is 2. The van der Waals surface area contributed by atoms with Gasteiger partial charge in [0.05, 0.1) is 11.3 Å². The van der Waals surface area contributed by atoms with E-state index in [1.807, 2.05) is 12.1 Å². The summed E-state index contributed by atoms with van der Waals surface area (Å²) in [5.41, 5.74) is 8.21. The molecule has 0 radical (unpaired) electrons. The number of amides is 1. The molecule has 1 aliphatic rings. The summed E-state index contributed by atoms with van der Waals surface area (Å²) < 4.78 is 0. The van der Waals surface area contributed by atoms with Crippen LogP contribution in [0.1, 0.15) is 42.5 Å². The minimum absolute atomic E-state index is 0.0577. The minimum atomic E-state index is -0.0577. The number of nitrogens with zero attached hydrogens (tertiary/aromatic N) is 1. The van der Waals surface area contributed by atoms with E-state index in [-0.39, 0.29) is 5.91 Å². The summed E-state index contributed by atoms with van der Waals surface area (Å²) in [5.74, 6) is -0.0577. The van der Waals surface area contributed by atoms with Crippen LogP contribution in [0, 0.1) is 0 Å². The summed E-state index contributed by atoms with van der Waals surface area (Å²) in [7, 11) is 3.72. The molecule has 1 fully saturated rings. The van der Waals surface area contributed by atoms with Crippen molar-refractivity contribution in [2.24, 2.45) is 0 Å². The SMILES string of the molecule is CNC(=O)c1ccc(N)cc1N(C)C1CCCCC1. The van der Waals surface area contributed by atoms with Crippen molar-refractivity contribution in [2.45, 2.75) is 38.1 Å². The van der Waals surface area contributed by atoms with E-state index in [0.717, 1.165) is 5.69 Å². The van der Waals surface area contributed by atoms with Crippen molar-refractivity contribution in [3.8, 4) is 0 Å². The quantitative estimate of drug-likeness (QED) is 0.821. The van der Waals surface area contributed by atoms with Gasteiger partial charge in [0.15, 0.2) is 0 Å². The first-order valence-corrected chi connectivity index (χ1v) is 6.98. The van der Waals surface area contributed by atoms with Crippen molar-refractivity contribution in [3.63, 3.8) is 0 Å². The van der Waals surface area contributed by atoms with E-state index >= 15 is 0 Å². The number of benzene rings is 1. The molecule has 1 amide bonds. The van der Waals surface area contributed by atoms with E-state index in [4.69, 9.17) is 5.73 Å². The smallest absolute Gasteiger partial charge is 0.253 e. The molecule has 0 spiro atoms. The van der Waals surface area contributed by atoms with Gasteiger partial charge in [0.1, 0.15) is 0 Å². The van der Waals surface area contributed by atoms with Crippen LogP contribution in [-0.4, -0.2) is 26.0 Å². The molecule has 1 aromatic rings. The normalized spacial score (nSPS) is 16.1. The number of hydrogen-bond acceptors (Lipinski definition) is 3. The summed E-state index contributed by atoms with van der Waals surface area (Å²) >= 11 is 0. The van der Waals surface area contributed by atoms with Crippen molar-refractivity contribution in [3.05, 3.63) is 23.8 Å². The van der Waals surface area contributed by atoms with E-state index < -0.39 is 0 Å². The third-order valence-electron chi connectivity index (χ3n) is 4.00. The molecule has 0 unspecified atom stereocenters. The summed E-state index contributed by atoms with van der Waals surface area (Å²) in [4.78, 5) is 14.2. The maximum atomic E-state index is 12.0. The van der Waals surface area contributed by atoms with Crippen LogP contribution in [0.3, 0.4) is 0 Å². The summed E-state index contributed by atoms with van der Waals surface area (Å²) in [6, 6.07) is 6.00. The minimum Gasteiger partial charge on any atom is -0.399 e. The lowest BCUT2D eigenvalue weighted by Gasteiger charge is -2.34. The lowest BCUT2D eigenvalue weighted by molar-refractivity contribution is 0.0963. The number of nitrogen functional groups attached to an aromatic ring is 1. The van der Waals surface area contributed by atoms with Crippen LogP contribution in [0.2, 0.25) is 0 Å². The first kappa shape index (κ1) is 13.7. The molecule has 104 valence electrons. The molecule has 1 aliphatic carbocycles. The van der Waals surface area contributed by atoms with Gasteiger partial charge in [-0.3, -0.25) is 4.79 Å². The van der Waals surface area contributed by atoms with Gasteiger partial charge in [-0.05, 0) is 31.0 Å². The van der Waals surface area contributed by atoms with Crippen LogP contribution in [-0.2, 0) is 0 Å². The fraction of sp³-hybridized carbons (Fsp3) is 0.533. The van der Waals surface area contributed by atoms with Gasteiger partial charge < -0.3 is 16.0 Å². The fourth-order valence-electron chi connectivity index (χ4n) is 2.83. The maximum absolute atomic E-state index is 12.0. The molecular weight excluding hydrogens is 238 g/mol. The van der Waals surface area contributed by atoms with Crippen LogP contribution in [0.4, 0.5) is 11.4 Å². The van der Waals surface area contributed by atoms with E-state index in [9.17, 15) is 4.79 Å². The monoisotopic (exact) mass is 261 g/mol. The van der Waals surface area contributed by atoms with Gasteiger partial charge in [-0.1, -0.05) is 19.3 Å². The number of anilines is 2. The second kappa shape index (κ2) is 5.95. The molecule has 0 aromatic heterocycles. The van der Waals surface area contributed by atoms with Crippen molar-refractivity contribution < 1.29 is 4.79 Å². The number of carbonyl (C=O) groups is 1. The van der Waals surface area contributed by atoms with Crippen molar-refractivity contribution in [1.82, 2.24) is 5.32 Å². The molecule has 4 heteroatoms. The number of nitrogens with two attached hydrogens (primary N) is 1. The highest BCUT2D eigenvalue weighted by Gasteiger charge is 2.22. The van der Waals surface area contributed by atoms with Crippen molar-refractivity contribution >= 4 is 17.3 Å². The molecule has 0 saturated heterocycles. The van der Waals surface area contributed by atoms with Gasteiger partial charge in [0.25, 0.3) is 5.91 Å². The summed E-state index contributed by atoms with van der Waals surface area (Å²) in [5, 5.41) is 2.69. The van der Waals surface area contributed by atoms with Crippen LogP contribution in [0.15, 0.2) is 18.2 Å². The van der Waals surface area contributed by atoms with Gasteiger partial charge in [0, 0.05) is 25.8 Å². The molecule has 0 aliphatic heterocycles. The van der Waals surface area contributed by atoms with Crippen molar-refractivity contribution in [1.29, 1.82) is 0 Å². The Morgan fingerprint density at radius 1 is 1.32 bits per heavy atom.